The van der Waals surface area contributed by atoms with Crippen molar-refractivity contribution in [3.05, 3.63) is 35.2 Å². The van der Waals surface area contributed by atoms with E-state index in [1.54, 1.807) is 18.4 Å². The molecule has 0 radical (unpaired) electrons. The smallest absolute Gasteiger partial charge is 0.274 e. The number of thiazole rings is 1. The van der Waals surface area contributed by atoms with E-state index in [-0.39, 0.29) is 11.9 Å². The van der Waals surface area contributed by atoms with E-state index in [0.29, 0.717) is 18.8 Å². The van der Waals surface area contributed by atoms with Gasteiger partial charge < -0.3 is 14.5 Å². The van der Waals surface area contributed by atoms with Crippen LogP contribution in [0.2, 0.25) is 0 Å². The summed E-state index contributed by atoms with van der Waals surface area (Å²) in [5, 5.41) is 5.49. The number of amides is 1. The van der Waals surface area contributed by atoms with Crippen LogP contribution in [0.1, 0.15) is 41.6 Å². The summed E-state index contributed by atoms with van der Waals surface area (Å²) in [7, 11) is 1.68. The van der Waals surface area contributed by atoms with E-state index in [2.05, 4.69) is 36.8 Å². The van der Waals surface area contributed by atoms with Crippen LogP contribution < -0.4 is 9.64 Å². The summed E-state index contributed by atoms with van der Waals surface area (Å²) in [6, 6.07) is 6.17. The summed E-state index contributed by atoms with van der Waals surface area (Å²) < 4.78 is 8.54. The fourth-order valence-corrected chi connectivity index (χ4v) is 4.88. The Morgan fingerprint density at radius 1 is 1.17 bits per heavy atom. The zero-order chi connectivity index (χ0) is 20.7. The third-order valence-corrected chi connectivity index (χ3v) is 6.63. The van der Waals surface area contributed by atoms with Gasteiger partial charge in [0.1, 0.15) is 11.3 Å². The quantitative estimate of drug-likeness (QED) is 0.653. The summed E-state index contributed by atoms with van der Waals surface area (Å²) in [5.41, 5.74) is 3.67. The van der Waals surface area contributed by atoms with E-state index >= 15 is 0 Å². The van der Waals surface area contributed by atoms with Gasteiger partial charge in [-0.15, -0.1) is 0 Å². The highest BCUT2D eigenvalue weighted by Crippen LogP contribution is 2.36. The molecule has 2 aromatic heterocycles. The fraction of sp³-hybridized carbons (Fsp3) is 0.476. The number of fused-ring (bicyclic) bond motifs is 1. The average molecular weight is 414 g/mol. The molecule has 8 heteroatoms. The van der Waals surface area contributed by atoms with Gasteiger partial charge in [-0.05, 0) is 45.4 Å². The van der Waals surface area contributed by atoms with Crippen LogP contribution in [0.5, 0.6) is 5.75 Å². The van der Waals surface area contributed by atoms with Gasteiger partial charge in [0.25, 0.3) is 5.91 Å². The lowest BCUT2D eigenvalue weighted by Crippen LogP contribution is -2.48. The Hall–Kier alpha value is -2.61. The van der Waals surface area contributed by atoms with Crippen LogP contribution >= 0.6 is 11.3 Å². The molecule has 1 aliphatic rings. The molecule has 1 amide bonds. The van der Waals surface area contributed by atoms with Crippen molar-refractivity contribution in [2.75, 3.05) is 38.2 Å². The van der Waals surface area contributed by atoms with Gasteiger partial charge >= 0.3 is 0 Å². The summed E-state index contributed by atoms with van der Waals surface area (Å²) in [5.74, 6) is 0.812. The number of piperazine rings is 1. The van der Waals surface area contributed by atoms with Crippen LogP contribution in [0.25, 0.3) is 10.2 Å². The first-order valence-electron chi connectivity index (χ1n) is 9.93. The van der Waals surface area contributed by atoms with E-state index < -0.39 is 0 Å². The molecule has 0 N–H and O–H groups in total. The van der Waals surface area contributed by atoms with Gasteiger partial charge in [0.15, 0.2) is 10.8 Å². The van der Waals surface area contributed by atoms with E-state index in [4.69, 9.17) is 9.72 Å². The Bertz CT molecular complexity index is 1050. The number of hydrogen-bond acceptors (Lipinski definition) is 6. The normalized spacial score (nSPS) is 14.8. The van der Waals surface area contributed by atoms with E-state index in [1.807, 2.05) is 28.6 Å². The lowest BCUT2D eigenvalue weighted by Gasteiger charge is -2.34. The van der Waals surface area contributed by atoms with Crippen molar-refractivity contribution in [3.8, 4) is 5.75 Å². The van der Waals surface area contributed by atoms with Crippen LogP contribution in [0.4, 0.5) is 5.13 Å². The molecule has 1 saturated heterocycles. The van der Waals surface area contributed by atoms with E-state index in [0.717, 1.165) is 39.9 Å². The average Bonchev–Trinajstić information content (AvgIpc) is 3.33. The number of anilines is 1. The number of aromatic nitrogens is 3. The summed E-state index contributed by atoms with van der Waals surface area (Å²) >= 11 is 1.69. The highest BCUT2D eigenvalue weighted by molar-refractivity contribution is 7.22. The van der Waals surface area contributed by atoms with Gasteiger partial charge in [-0.1, -0.05) is 17.4 Å². The van der Waals surface area contributed by atoms with E-state index in [1.165, 1.54) is 5.56 Å². The van der Waals surface area contributed by atoms with Crippen LogP contribution in [-0.4, -0.2) is 58.9 Å². The zero-order valence-electron chi connectivity index (χ0n) is 17.6. The fourth-order valence-electron chi connectivity index (χ4n) is 3.78. The summed E-state index contributed by atoms with van der Waals surface area (Å²) in [4.78, 5) is 21.9. The number of ether oxygens (including phenoxy) is 1. The molecule has 7 nitrogen and oxygen atoms in total. The maximum Gasteiger partial charge on any atom is 0.274 e. The van der Waals surface area contributed by atoms with Crippen molar-refractivity contribution in [1.29, 1.82) is 0 Å². The largest absolute Gasteiger partial charge is 0.494 e. The highest BCUT2D eigenvalue weighted by Gasteiger charge is 2.26. The number of carbonyl (C=O) groups excluding carboxylic acids is 1. The number of carbonyl (C=O) groups is 1. The number of hydrogen-bond donors (Lipinski definition) is 0. The first kappa shape index (κ1) is 19.7. The van der Waals surface area contributed by atoms with Crippen molar-refractivity contribution >= 4 is 32.6 Å². The standard InChI is InChI=1S/C21H27N5O2S/c1-13(2)26-15(4)12-16(23-26)20(27)24-8-10-25(11-9-24)21-22-18-17(28-5)7-6-14(3)19(18)29-21/h6-7,12-13H,8-11H2,1-5H3. The Morgan fingerprint density at radius 2 is 1.90 bits per heavy atom. The third-order valence-electron chi connectivity index (χ3n) is 5.38. The van der Waals surface area contributed by atoms with Gasteiger partial charge in [-0.25, -0.2) is 4.98 Å². The SMILES string of the molecule is COc1ccc(C)c2sc(N3CCN(C(=O)c4cc(C)n(C(C)C)n4)CC3)nc12. The Morgan fingerprint density at radius 3 is 2.52 bits per heavy atom. The molecular formula is C21H27N5O2S. The van der Waals surface area contributed by atoms with Crippen molar-refractivity contribution < 1.29 is 9.53 Å². The molecule has 0 saturated carbocycles. The Kier molecular flexibility index (Phi) is 5.21. The highest BCUT2D eigenvalue weighted by atomic mass is 32.1. The number of nitrogens with zero attached hydrogens (tertiary/aromatic N) is 5. The molecule has 29 heavy (non-hydrogen) atoms. The lowest BCUT2D eigenvalue weighted by atomic mass is 10.2. The molecular weight excluding hydrogens is 386 g/mol. The van der Waals surface area contributed by atoms with Crippen molar-refractivity contribution in [2.24, 2.45) is 0 Å². The zero-order valence-corrected chi connectivity index (χ0v) is 18.4. The van der Waals surface area contributed by atoms with E-state index in [9.17, 15) is 4.79 Å². The molecule has 4 rings (SSSR count). The van der Waals surface area contributed by atoms with Gasteiger partial charge in [-0.2, -0.15) is 5.10 Å². The van der Waals surface area contributed by atoms with Crippen molar-refractivity contribution in [1.82, 2.24) is 19.7 Å². The monoisotopic (exact) mass is 413 g/mol. The van der Waals surface area contributed by atoms with Crippen LogP contribution in [0, 0.1) is 13.8 Å². The molecule has 1 aromatic carbocycles. The molecule has 0 bridgehead atoms. The molecule has 154 valence electrons. The molecule has 0 atom stereocenters. The summed E-state index contributed by atoms with van der Waals surface area (Å²) in [6.07, 6.45) is 0. The number of methoxy groups -OCH3 is 1. The predicted octanol–water partition coefficient (Wildman–Crippen LogP) is 3.66. The van der Waals surface area contributed by atoms with Crippen LogP contribution in [0.3, 0.4) is 0 Å². The second-order valence-corrected chi connectivity index (χ2v) is 8.72. The maximum absolute atomic E-state index is 12.9. The summed E-state index contributed by atoms with van der Waals surface area (Å²) in [6.45, 7) is 11.1. The molecule has 3 aromatic rings. The van der Waals surface area contributed by atoms with Gasteiger partial charge in [0.05, 0.1) is 11.8 Å². The minimum Gasteiger partial charge on any atom is -0.494 e. The van der Waals surface area contributed by atoms with Crippen LogP contribution in [-0.2, 0) is 0 Å². The molecule has 1 aliphatic heterocycles. The first-order chi connectivity index (χ1) is 13.9. The van der Waals surface area contributed by atoms with Crippen molar-refractivity contribution in [2.45, 2.75) is 33.7 Å². The van der Waals surface area contributed by atoms with Gasteiger partial charge in [-0.3, -0.25) is 9.48 Å². The van der Waals surface area contributed by atoms with Crippen molar-refractivity contribution in [3.63, 3.8) is 0 Å². The molecule has 0 aliphatic carbocycles. The Balaban J connectivity index is 1.48. The number of aryl methyl sites for hydroxylation is 2. The molecule has 3 heterocycles. The molecule has 0 spiro atoms. The number of rotatable bonds is 4. The Labute approximate surface area is 174 Å². The molecule has 1 fully saturated rings. The predicted molar refractivity (Wildman–Crippen MR) is 116 cm³/mol. The topological polar surface area (TPSA) is 63.5 Å². The van der Waals surface area contributed by atoms with Gasteiger partial charge in [0.2, 0.25) is 0 Å². The minimum atomic E-state index is 0.00830. The second kappa shape index (κ2) is 7.67. The number of benzene rings is 1. The third kappa shape index (κ3) is 3.57. The molecule has 0 unspecified atom stereocenters. The first-order valence-corrected chi connectivity index (χ1v) is 10.7. The van der Waals surface area contributed by atoms with Gasteiger partial charge in [0, 0.05) is 37.9 Å². The van der Waals surface area contributed by atoms with Crippen LogP contribution in [0.15, 0.2) is 18.2 Å². The maximum atomic E-state index is 12.9. The second-order valence-electron chi connectivity index (χ2n) is 7.75. The minimum absolute atomic E-state index is 0.00830. The lowest BCUT2D eigenvalue weighted by molar-refractivity contribution is 0.0739.